The highest BCUT2D eigenvalue weighted by Gasteiger charge is 2.17. The van der Waals surface area contributed by atoms with Gasteiger partial charge in [-0.15, -0.1) is 0 Å². The molecular formula is C18H14O5S. The molecule has 3 rings (SSSR count). The van der Waals surface area contributed by atoms with Crippen LogP contribution in [-0.2, 0) is 22.0 Å². The van der Waals surface area contributed by atoms with Crippen molar-refractivity contribution in [3.8, 4) is 0 Å². The van der Waals surface area contributed by atoms with E-state index in [1.807, 2.05) is 0 Å². The van der Waals surface area contributed by atoms with Gasteiger partial charge in [0.05, 0.1) is 18.2 Å². The highest BCUT2D eigenvalue weighted by atomic mass is 32.2. The van der Waals surface area contributed by atoms with E-state index in [1.54, 1.807) is 48.7 Å². The zero-order chi connectivity index (χ0) is 17.3. The van der Waals surface area contributed by atoms with Gasteiger partial charge in [0, 0.05) is 32.9 Å². The largest absolute Gasteiger partial charge is 0.481 e. The molecule has 1 aromatic heterocycles. The lowest BCUT2D eigenvalue weighted by molar-refractivity contribution is -0.136. The van der Waals surface area contributed by atoms with E-state index in [-0.39, 0.29) is 12.2 Å². The molecule has 3 aromatic rings. The van der Waals surface area contributed by atoms with Gasteiger partial charge in [0.15, 0.2) is 5.78 Å². The van der Waals surface area contributed by atoms with Crippen LogP contribution in [-0.4, -0.2) is 27.3 Å². The molecule has 0 saturated heterocycles. The first-order valence-electron chi connectivity index (χ1n) is 7.16. The average molecular weight is 342 g/mol. The van der Waals surface area contributed by atoms with Crippen LogP contribution in [0.3, 0.4) is 0 Å². The predicted molar refractivity (Wildman–Crippen MR) is 89.8 cm³/mol. The molecule has 1 N–H and O–H groups in total. The Bertz CT molecular complexity index is 953. The van der Waals surface area contributed by atoms with Crippen molar-refractivity contribution in [2.45, 2.75) is 11.3 Å². The number of carbonyl (C=O) groups excluding carboxylic acids is 1. The summed E-state index contributed by atoms with van der Waals surface area (Å²) < 4.78 is 16.8. The Labute approximate surface area is 140 Å². The lowest BCUT2D eigenvalue weighted by Crippen LogP contribution is -2.05. The van der Waals surface area contributed by atoms with E-state index >= 15 is 0 Å². The number of carbonyl (C=O) groups is 2. The molecule has 24 heavy (non-hydrogen) atoms. The van der Waals surface area contributed by atoms with Crippen molar-refractivity contribution in [2.24, 2.45) is 0 Å². The molecule has 1 atom stereocenters. The molecule has 0 aliphatic carbocycles. The second kappa shape index (κ2) is 6.41. The fourth-order valence-electron chi connectivity index (χ4n) is 2.54. The zero-order valence-corrected chi connectivity index (χ0v) is 13.6. The average Bonchev–Trinajstić information content (AvgIpc) is 3.01. The first kappa shape index (κ1) is 16.1. The van der Waals surface area contributed by atoms with Crippen molar-refractivity contribution in [3.05, 3.63) is 65.4 Å². The Kier molecular flexibility index (Phi) is 4.31. The highest BCUT2D eigenvalue weighted by molar-refractivity contribution is 7.84. The first-order valence-corrected chi connectivity index (χ1v) is 8.71. The van der Waals surface area contributed by atoms with E-state index in [1.165, 1.54) is 6.26 Å². The summed E-state index contributed by atoms with van der Waals surface area (Å²) >= 11 is 0. The van der Waals surface area contributed by atoms with Crippen molar-refractivity contribution in [3.63, 3.8) is 0 Å². The molecule has 0 amide bonds. The van der Waals surface area contributed by atoms with E-state index in [4.69, 9.17) is 9.52 Å². The third kappa shape index (κ3) is 3.14. The third-order valence-electron chi connectivity index (χ3n) is 3.66. The molecule has 0 bridgehead atoms. The Morgan fingerprint density at radius 2 is 1.83 bits per heavy atom. The minimum absolute atomic E-state index is 0.171. The molecule has 2 aromatic carbocycles. The third-order valence-corrected chi connectivity index (χ3v) is 4.60. The van der Waals surface area contributed by atoms with Gasteiger partial charge in [-0.3, -0.25) is 13.8 Å². The smallest absolute Gasteiger partial charge is 0.307 e. The number of ketones is 1. The fourth-order valence-corrected chi connectivity index (χ4v) is 3.06. The van der Waals surface area contributed by atoms with Crippen LogP contribution in [0.25, 0.3) is 11.0 Å². The maximum absolute atomic E-state index is 12.8. The molecule has 5 nitrogen and oxygen atoms in total. The molecule has 0 radical (unpaired) electrons. The van der Waals surface area contributed by atoms with E-state index in [9.17, 15) is 13.8 Å². The van der Waals surface area contributed by atoms with Gasteiger partial charge in [-0.1, -0.05) is 0 Å². The normalized spacial score (nSPS) is 12.2. The van der Waals surface area contributed by atoms with Crippen LogP contribution in [0.4, 0.5) is 0 Å². The van der Waals surface area contributed by atoms with Crippen LogP contribution in [0.2, 0.25) is 0 Å². The van der Waals surface area contributed by atoms with Crippen LogP contribution in [0.15, 0.2) is 58.0 Å². The molecule has 0 aliphatic rings. The van der Waals surface area contributed by atoms with Gasteiger partial charge >= 0.3 is 5.97 Å². The number of hydrogen-bond acceptors (Lipinski definition) is 4. The molecule has 0 fully saturated rings. The molecule has 1 heterocycles. The van der Waals surface area contributed by atoms with Crippen LogP contribution >= 0.6 is 0 Å². The Morgan fingerprint density at radius 1 is 1.12 bits per heavy atom. The molecule has 0 saturated carbocycles. The zero-order valence-electron chi connectivity index (χ0n) is 12.8. The number of carboxylic acid groups (broad SMARTS) is 1. The summed E-state index contributed by atoms with van der Waals surface area (Å²) in [5.74, 6) is -1.23. The minimum Gasteiger partial charge on any atom is -0.481 e. The van der Waals surface area contributed by atoms with E-state index in [2.05, 4.69) is 0 Å². The van der Waals surface area contributed by atoms with E-state index in [0.29, 0.717) is 32.6 Å². The van der Waals surface area contributed by atoms with E-state index in [0.717, 1.165) is 0 Å². The number of fused-ring (bicyclic) bond motifs is 1. The SMILES string of the molecule is CS(=O)c1ccc(C(=O)c2cc(CC(=O)O)cc3ccoc23)cc1. The monoisotopic (exact) mass is 342 g/mol. The number of furan rings is 1. The Morgan fingerprint density at radius 3 is 2.46 bits per heavy atom. The number of benzene rings is 2. The standard InChI is InChI=1S/C18H14O5S/c1-24(22)14-4-2-12(3-5-14)17(21)15-9-11(10-16(19)20)8-13-6-7-23-18(13)15/h2-9H,10H2,1H3,(H,19,20). The number of hydrogen-bond donors (Lipinski definition) is 1. The molecule has 122 valence electrons. The van der Waals surface area contributed by atoms with Crippen molar-refractivity contribution < 1.29 is 23.3 Å². The molecular weight excluding hydrogens is 328 g/mol. The highest BCUT2D eigenvalue weighted by Crippen LogP contribution is 2.25. The summed E-state index contributed by atoms with van der Waals surface area (Å²) in [6, 6.07) is 11.4. The van der Waals surface area contributed by atoms with Crippen LogP contribution in [0, 0.1) is 0 Å². The summed E-state index contributed by atoms with van der Waals surface area (Å²) in [7, 11) is -1.12. The second-order valence-corrected chi connectivity index (χ2v) is 6.74. The van der Waals surface area contributed by atoms with Crippen LogP contribution in [0.1, 0.15) is 21.5 Å². The van der Waals surface area contributed by atoms with Gasteiger partial charge in [0.2, 0.25) is 0 Å². The Balaban J connectivity index is 2.06. The molecule has 6 heteroatoms. The number of aliphatic carboxylic acids is 1. The van der Waals surface area contributed by atoms with Crippen molar-refractivity contribution >= 4 is 33.5 Å². The summed E-state index contributed by atoms with van der Waals surface area (Å²) in [6.45, 7) is 0. The first-order chi connectivity index (χ1) is 11.5. The van der Waals surface area contributed by atoms with Gasteiger partial charge in [-0.05, 0) is 48.0 Å². The Hall–Kier alpha value is -2.73. The van der Waals surface area contributed by atoms with Crippen molar-refractivity contribution in [1.82, 2.24) is 0 Å². The summed E-state index contributed by atoms with van der Waals surface area (Å²) in [6.07, 6.45) is 2.86. The lowest BCUT2D eigenvalue weighted by atomic mass is 9.98. The fraction of sp³-hybridized carbons (Fsp3) is 0.111. The molecule has 1 unspecified atom stereocenters. The van der Waals surface area contributed by atoms with Gasteiger partial charge in [-0.25, -0.2) is 0 Å². The van der Waals surface area contributed by atoms with Crippen LogP contribution < -0.4 is 0 Å². The predicted octanol–water partition coefficient (Wildman–Crippen LogP) is 3.03. The number of carboxylic acids is 1. The van der Waals surface area contributed by atoms with Crippen LogP contribution in [0.5, 0.6) is 0 Å². The van der Waals surface area contributed by atoms with Crippen molar-refractivity contribution in [1.29, 1.82) is 0 Å². The van der Waals surface area contributed by atoms with Crippen molar-refractivity contribution in [2.75, 3.05) is 6.26 Å². The summed E-state index contributed by atoms with van der Waals surface area (Å²) in [4.78, 5) is 24.4. The van der Waals surface area contributed by atoms with E-state index < -0.39 is 16.8 Å². The topological polar surface area (TPSA) is 84.6 Å². The molecule has 0 spiro atoms. The summed E-state index contributed by atoms with van der Waals surface area (Å²) in [5.41, 5.74) is 1.71. The lowest BCUT2D eigenvalue weighted by Gasteiger charge is -2.06. The maximum Gasteiger partial charge on any atom is 0.307 e. The van der Waals surface area contributed by atoms with Gasteiger partial charge < -0.3 is 9.52 Å². The van der Waals surface area contributed by atoms with Gasteiger partial charge in [-0.2, -0.15) is 0 Å². The summed E-state index contributed by atoms with van der Waals surface area (Å²) in [5, 5.41) is 9.67. The minimum atomic E-state index is -1.12. The maximum atomic E-state index is 12.8. The molecule has 0 aliphatic heterocycles. The second-order valence-electron chi connectivity index (χ2n) is 5.36. The van der Waals surface area contributed by atoms with Gasteiger partial charge in [0.1, 0.15) is 5.58 Å². The van der Waals surface area contributed by atoms with Gasteiger partial charge in [0.25, 0.3) is 0 Å². The number of rotatable bonds is 5. The quantitative estimate of drug-likeness (QED) is 0.721.